The lowest BCUT2D eigenvalue weighted by atomic mass is 9.98. The Morgan fingerprint density at radius 2 is 1.86 bits per heavy atom. The molecule has 1 aromatic carbocycles. The van der Waals surface area contributed by atoms with Gasteiger partial charge in [-0.3, -0.25) is 0 Å². The van der Waals surface area contributed by atoms with E-state index in [1.807, 2.05) is 0 Å². The van der Waals surface area contributed by atoms with Crippen molar-refractivity contribution >= 4 is 5.69 Å². The largest absolute Gasteiger partial charge is 0.416 e. The molecule has 0 atom stereocenters. The second-order valence-corrected chi connectivity index (χ2v) is 5.25. The van der Waals surface area contributed by atoms with Gasteiger partial charge in [-0.2, -0.15) is 13.2 Å². The lowest BCUT2D eigenvalue weighted by Gasteiger charge is -2.22. The quantitative estimate of drug-likeness (QED) is 0.634. The van der Waals surface area contributed by atoms with Crippen LogP contribution in [0.5, 0.6) is 0 Å². The Balaban J connectivity index is 1.78. The molecule has 0 saturated heterocycles. The van der Waals surface area contributed by atoms with Crippen LogP contribution in [-0.2, 0) is 10.9 Å². The Labute approximate surface area is 121 Å². The van der Waals surface area contributed by atoms with E-state index in [1.54, 1.807) is 0 Å². The first-order chi connectivity index (χ1) is 9.97. The molecule has 1 aliphatic rings. The van der Waals surface area contributed by atoms with Crippen molar-refractivity contribution in [3.63, 3.8) is 0 Å². The normalized spacial score (nSPS) is 17.0. The number of alkyl halides is 3. The maximum Gasteiger partial charge on any atom is 0.416 e. The summed E-state index contributed by atoms with van der Waals surface area (Å²) in [5.41, 5.74) is -0.917. The van der Waals surface area contributed by atoms with Crippen molar-refractivity contribution in [3.8, 4) is 0 Å². The molecule has 1 N–H and O–H groups in total. The van der Waals surface area contributed by atoms with Crippen molar-refractivity contribution in [2.45, 2.75) is 44.4 Å². The number of rotatable bonds is 5. The van der Waals surface area contributed by atoms with Crippen LogP contribution in [0.25, 0.3) is 0 Å². The summed E-state index contributed by atoms with van der Waals surface area (Å²) < 4.78 is 56.4. The zero-order chi connectivity index (χ0) is 15.3. The zero-order valence-corrected chi connectivity index (χ0v) is 11.7. The molecule has 0 spiro atoms. The van der Waals surface area contributed by atoms with Gasteiger partial charge in [0.1, 0.15) is 5.82 Å². The monoisotopic (exact) mass is 305 g/mol. The molecule has 0 unspecified atom stereocenters. The number of nitrogens with one attached hydrogen (secondary N) is 1. The average molecular weight is 305 g/mol. The number of halogens is 4. The van der Waals surface area contributed by atoms with Crippen LogP contribution in [0.1, 0.15) is 37.7 Å². The number of anilines is 1. The van der Waals surface area contributed by atoms with Crippen LogP contribution in [0, 0.1) is 5.82 Å². The highest BCUT2D eigenvalue weighted by molar-refractivity contribution is 5.46. The standard InChI is InChI=1S/C15H19F4NO/c16-13-10-11(15(17,18)19)6-7-14(13)20-8-9-21-12-4-2-1-3-5-12/h6-7,10,12,20H,1-5,8-9H2. The topological polar surface area (TPSA) is 21.3 Å². The highest BCUT2D eigenvalue weighted by atomic mass is 19.4. The molecule has 6 heteroatoms. The first-order valence-electron chi connectivity index (χ1n) is 7.19. The summed E-state index contributed by atoms with van der Waals surface area (Å²) in [4.78, 5) is 0. The average Bonchev–Trinajstić information content (AvgIpc) is 2.45. The van der Waals surface area contributed by atoms with Gasteiger partial charge >= 0.3 is 6.18 Å². The Morgan fingerprint density at radius 3 is 2.48 bits per heavy atom. The summed E-state index contributed by atoms with van der Waals surface area (Å²) in [6.45, 7) is 0.796. The van der Waals surface area contributed by atoms with E-state index >= 15 is 0 Å². The number of hydrogen-bond donors (Lipinski definition) is 1. The fraction of sp³-hybridized carbons (Fsp3) is 0.600. The van der Waals surface area contributed by atoms with E-state index in [2.05, 4.69) is 5.32 Å². The molecule has 1 fully saturated rings. The van der Waals surface area contributed by atoms with E-state index in [-0.39, 0.29) is 11.8 Å². The lowest BCUT2D eigenvalue weighted by molar-refractivity contribution is -0.137. The molecule has 0 bridgehead atoms. The molecule has 0 amide bonds. The van der Waals surface area contributed by atoms with Crippen molar-refractivity contribution in [2.24, 2.45) is 0 Å². The summed E-state index contributed by atoms with van der Waals surface area (Å²) in [7, 11) is 0. The van der Waals surface area contributed by atoms with Crippen molar-refractivity contribution in [3.05, 3.63) is 29.6 Å². The molecule has 1 aromatic rings. The molecular formula is C15H19F4NO. The van der Waals surface area contributed by atoms with Gasteiger partial charge in [0.2, 0.25) is 0 Å². The van der Waals surface area contributed by atoms with Crippen LogP contribution < -0.4 is 5.32 Å². The molecule has 1 aliphatic carbocycles. The molecule has 2 nitrogen and oxygen atoms in total. The molecular weight excluding hydrogens is 286 g/mol. The van der Waals surface area contributed by atoms with Gasteiger partial charge in [-0.05, 0) is 31.0 Å². The first kappa shape index (κ1) is 16.1. The Bertz CT molecular complexity index is 455. The second kappa shape index (κ2) is 7.11. The third kappa shape index (κ3) is 4.88. The van der Waals surface area contributed by atoms with Gasteiger partial charge in [-0.25, -0.2) is 4.39 Å². The lowest BCUT2D eigenvalue weighted by Crippen LogP contribution is -2.20. The van der Waals surface area contributed by atoms with E-state index in [4.69, 9.17) is 4.74 Å². The van der Waals surface area contributed by atoms with Gasteiger partial charge < -0.3 is 10.1 Å². The molecule has 1 saturated carbocycles. The maximum absolute atomic E-state index is 13.6. The van der Waals surface area contributed by atoms with Gasteiger partial charge in [0.15, 0.2) is 0 Å². The summed E-state index contributed by atoms with van der Waals surface area (Å²) in [5.74, 6) is -0.900. The van der Waals surface area contributed by atoms with E-state index in [9.17, 15) is 17.6 Å². The SMILES string of the molecule is Fc1cc(C(F)(F)F)ccc1NCCOC1CCCCC1. The predicted octanol–water partition coefficient (Wildman–Crippen LogP) is 4.61. The van der Waals surface area contributed by atoms with Crippen LogP contribution in [-0.4, -0.2) is 19.3 Å². The highest BCUT2D eigenvalue weighted by Gasteiger charge is 2.31. The minimum Gasteiger partial charge on any atom is -0.380 e. The zero-order valence-electron chi connectivity index (χ0n) is 11.7. The van der Waals surface area contributed by atoms with E-state index in [1.165, 1.54) is 19.3 Å². The fourth-order valence-corrected chi connectivity index (χ4v) is 2.48. The molecule has 0 radical (unpaired) electrons. The van der Waals surface area contributed by atoms with Crippen LogP contribution >= 0.6 is 0 Å². The van der Waals surface area contributed by atoms with E-state index < -0.39 is 17.6 Å². The number of ether oxygens (including phenoxy) is 1. The van der Waals surface area contributed by atoms with Crippen molar-refractivity contribution in [1.29, 1.82) is 0 Å². The third-order valence-electron chi connectivity index (χ3n) is 3.62. The number of benzene rings is 1. The summed E-state index contributed by atoms with van der Waals surface area (Å²) in [6.07, 6.45) is 1.43. The van der Waals surface area contributed by atoms with Crippen LogP contribution in [0.4, 0.5) is 23.2 Å². The highest BCUT2D eigenvalue weighted by Crippen LogP contribution is 2.31. The third-order valence-corrected chi connectivity index (χ3v) is 3.62. The van der Waals surface area contributed by atoms with E-state index in [0.717, 1.165) is 25.0 Å². The van der Waals surface area contributed by atoms with Crippen LogP contribution in [0.2, 0.25) is 0 Å². The Kier molecular flexibility index (Phi) is 5.45. The van der Waals surface area contributed by atoms with Gasteiger partial charge in [0, 0.05) is 6.54 Å². The van der Waals surface area contributed by atoms with Crippen molar-refractivity contribution in [2.75, 3.05) is 18.5 Å². The summed E-state index contributed by atoms with van der Waals surface area (Å²) in [5, 5.41) is 2.76. The van der Waals surface area contributed by atoms with E-state index in [0.29, 0.717) is 19.2 Å². The molecule has 2 rings (SSSR count). The van der Waals surface area contributed by atoms with Gasteiger partial charge in [-0.1, -0.05) is 19.3 Å². The molecule has 0 heterocycles. The van der Waals surface area contributed by atoms with Crippen LogP contribution in [0.3, 0.4) is 0 Å². The van der Waals surface area contributed by atoms with Gasteiger partial charge in [0.05, 0.1) is 24.0 Å². The second-order valence-electron chi connectivity index (χ2n) is 5.25. The van der Waals surface area contributed by atoms with Crippen molar-refractivity contribution < 1.29 is 22.3 Å². The first-order valence-corrected chi connectivity index (χ1v) is 7.19. The molecule has 0 aliphatic heterocycles. The van der Waals surface area contributed by atoms with Crippen molar-refractivity contribution in [1.82, 2.24) is 0 Å². The smallest absolute Gasteiger partial charge is 0.380 e. The van der Waals surface area contributed by atoms with Gasteiger partial charge in [0.25, 0.3) is 0 Å². The fourth-order valence-electron chi connectivity index (χ4n) is 2.48. The Hall–Kier alpha value is -1.30. The predicted molar refractivity (Wildman–Crippen MR) is 72.7 cm³/mol. The molecule has 118 valence electrons. The summed E-state index contributed by atoms with van der Waals surface area (Å²) in [6, 6.07) is 2.48. The summed E-state index contributed by atoms with van der Waals surface area (Å²) >= 11 is 0. The van der Waals surface area contributed by atoms with Gasteiger partial charge in [-0.15, -0.1) is 0 Å². The maximum atomic E-state index is 13.6. The minimum absolute atomic E-state index is 0.0650. The molecule has 0 aromatic heterocycles. The Morgan fingerprint density at radius 1 is 1.14 bits per heavy atom. The minimum atomic E-state index is -4.52. The van der Waals surface area contributed by atoms with Crippen LogP contribution in [0.15, 0.2) is 18.2 Å². The molecule has 21 heavy (non-hydrogen) atoms. The number of hydrogen-bond acceptors (Lipinski definition) is 2.